The summed E-state index contributed by atoms with van der Waals surface area (Å²) < 4.78 is 0. The van der Waals surface area contributed by atoms with Crippen molar-refractivity contribution in [3.63, 3.8) is 0 Å². The minimum atomic E-state index is 0.816. The molecule has 0 aliphatic carbocycles. The molecule has 1 aromatic carbocycles. The van der Waals surface area contributed by atoms with Crippen LogP contribution in [0.2, 0.25) is 0 Å². The fourth-order valence-corrected chi connectivity index (χ4v) is 2.90. The summed E-state index contributed by atoms with van der Waals surface area (Å²) >= 11 is 0. The van der Waals surface area contributed by atoms with Gasteiger partial charge in [0.15, 0.2) is 5.96 Å². The first kappa shape index (κ1) is 16.8. The van der Waals surface area contributed by atoms with Crippen molar-refractivity contribution < 1.29 is 0 Å². The van der Waals surface area contributed by atoms with Gasteiger partial charge in [-0.2, -0.15) is 0 Å². The minimum absolute atomic E-state index is 0.816. The van der Waals surface area contributed by atoms with Crippen LogP contribution >= 0.6 is 0 Å². The molecule has 0 aromatic heterocycles. The lowest BCUT2D eigenvalue weighted by Crippen LogP contribution is -2.41. The molecule has 0 atom stereocenters. The highest BCUT2D eigenvalue weighted by Gasteiger charge is 2.08. The minimum Gasteiger partial charge on any atom is -0.355 e. The monoisotopic (exact) mass is 302 g/mol. The van der Waals surface area contributed by atoms with Crippen LogP contribution in [0.3, 0.4) is 0 Å². The Morgan fingerprint density at radius 3 is 2.50 bits per heavy atom. The number of nitrogens with one attached hydrogen (secondary N) is 2. The SMILES string of the molecule is CN=C(NCCN1CCCCCC1)NCc1ccccc1C. The lowest BCUT2D eigenvalue weighted by molar-refractivity contribution is 0.289. The van der Waals surface area contributed by atoms with Crippen molar-refractivity contribution in [3.05, 3.63) is 35.4 Å². The number of nitrogens with zero attached hydrogens (tertiary/aromatic N) is 2. The zero-order chi connectivity index (χ0) is 15.6. The summed E-state index contributed by atoms with van der Waals surface area (Å²) in [5, 5.41) is 6.82. The summed E-state index contributed by atoms with van der Waals surface area (Å²) in [6.07, 6.45) is 5.48. The topological polar surface area (TPSA) is 39.7 Å². The van der Waals surface area contributed by atoms with Crippen molar-refractivity contribution in [1.29, 1.82) is 0 Å². The van der Waals surface area contributed by atoms with E-state index in [-0.39, 0.29) is 0 Å². The van der Waals surface area contributed by atoms with E-state index in [9.17, 15) is 0 Å². The van der Waals surface area contributed by atoms with Gasteiger partial charge in [-0.3, -0.25) is 4.99 Å². The molecule has 1 heterocycles. The van der Waals surface area contributed by atoms with E-state index in [0.717, 1.165) is 25.6 Å². The van der Waals surface area contributed by atoms with Crippen LogP contribution in [0.25, 0.3) is 0 Å². The number of aryl methyl sites for hydroxylation is 1. The standard InChI is InChI=1S/C18H30N4/c1-16-9-5-6-10-17(16)15-21-18(19-2)20-11-14-22-12-7-3-4-8-13-22/h5-6,9-10H,3-4,7-8,11-15H2,1-2H3,(H2,19,20,21). The summed E-state index contributed by atoms with van der Waals surface area (Å²) in [6, 6.07) is 8.46. The highest BCUT2D eigenvalue weighted by Crippen LogP contribution is 2.08. The Labute approximate surface area is 135 Å². The Bertz CT molecular complexity index is 462. The van der Waals surface area contributed by atoms with Crippen molar-refractivity contribution in [2.45, 2.75) is 39.2 Å². The normalized spacial score (nSPS) is 17.1. The summed E-state index contributed by atoms with van der Waals surface area (Å²) in [5.74, 6) is 0.887. The van der Waals surface area contributed by atoms with Gasteiger partial charge in [-0.1, -0.05) is 37.1 Å². The molecule has 0 unspecified atom stereocenters. The van der Waals surface area contributed by atoms with Crippen LogP contribution in [0.4, 0.5) is 0 Å². The van der Waals surface area contributed by atoms with Crippen LogP contribution in [-0.2, 0) is 6.54 Å². The molecule has 2 N–H and O–H groups in total. The predicted molar refractivity (Wildman–Crippen MR) is 94.3 cm³/mol. The second kappa shape index (κ2) is 9.46. The third kappa shape index (κ3) is 5.68. The van der Waals surface area contributed by atoms with E-state index in [0.29, 0.717) is 0 Å². The number of rotatable bonds is 5. The molecule has 2 rings (SSSR count). The molecule has 0 spiro atoms. The van der Waals surface area contributed by atoms with Gasteiger partial charge in [-0.05, 0) is 44.0 Å². The molecule has 122 valence electrons. The smallest absolute Gasteiger partial charge is 0.191 e. The molecule has 4 heteroatoms. The molecule has 0 bridgehead atoms. The van der Waals surface area contributed by atoms with E-state index in [2.05, 4.69) is 51.7 Å². The van der Waals surface area contributed by atoms with Gasteiger partial charge in [0.1, 0.15) is 0 Å². The van der Waals surface area contributed by atoms with Crippen LogP contribution in [0.1, 0.15) is 36.8 Å². The number of benzene rings is 1. The van der Waals surface area contributed by atoms with Crippen LogP contribution in [0.15, 0.2) is 29.3 Å². The van der Waals surface area contributed by atoms with Crippen molar-refractivity contribution >= 4 is 5.96 Å². The molecule has 1 saturated heterocycles. The van der Waals surface area contributed by atoms with Gasteiger partial charge in [-0.25, -0.2) is 0 Å². The van der Waals surface area contributed by atoms with Gasteiger partial charge < -0.3 is 15.5 Å². The second-order valence-electron chi connectivity index (χ2n) is 6.03. The molecular weight excluding hydrogens is 272 g/mol. The van der Waals surface area contributed by atoms with E-state index in [4.69, 9.17) is 0 Å². The maximum Gasteiger partial charge on any atom is 0.191 e. The molecule has 22 heavy (non-hydrogen) atoms. The fraction of sp³-hybridized carbons (Fsp3) is 0.611. The zero-order valence-electron chi connectivity index (χ0n) is 14.1. The first-order valence-electron chi connectivity index (χ1n) is 8.51. The summed E-state index contributed by atoms with van der Waals surface area (Å²) in [4.78, 5) is 6.87. The van der Waals surface area contributed by atoms with Gasteiger partial charge in [0.05, 0.1) is 0 Å². The van der Waals surface area contributed by atoms with Crippen LogP contribution in [-0.4, -0.2) is 44.1 Å². The van der Waals surface area contributed by atoms with Gasteiger partial charge in [0.2, 0.25) is 0 Å². The Morgan fingerprint density at radius 1 is 1.09 bits per heavy atom. The Kier molecular flexibility index (Phi) is 7.23. The number of guanidine groups is 1. The quantitative estimate of drug-likeness (QED) is 0.648. The van der Waals surface area contributed by atoms with Crippen molar-refractivity contribution in [2.75, 3.05) is 33.2 Å². The van der Waals surface area contributed by atoms with Crippen molar-refractivity contribution in [3.8, 4) is 0 Å². The third-order valence-electron chi connectivity index (χ3n) is 4.35. The van der Waals surface area contributed by atoms with E-state index >= 15 is 0 Å². The van der Waals surface area contributed by atoms with Crippen LogP contribution in [0, 0.1) is 6.92 Å². The summed E-state index contributed by atoms with van der Waals surface area (Å²) in [7, 11) is 1.83. The van der Waals surface area contributed by atoms with E-state index < -0.39 is 0 Å². The van der Waals surface area contributed by atoms with Crippen LogP contribution in [0.5, 0.6) is 0 Å². The fourth-order valence-electron chi connectivity index (χ4n) is 2.90. The average molecular weight is 302 g/mol. The molecule has 0 saturated carbocycles. The van der Waals surface area contributed by atoms with E-state index in [1.165, 1.54) is 49.9 Å². The zero-order valence-corrected chi connectivity index (χ0v) is 14.1. The number of likely N-dealkylation sites (tertiary alicyclic amines) is 1. The van der Waals surface area contributed by atoms with Gasteiger partial charge in [0.25, 0.3) is 0 Å². The largest absolute Gasteiger partial charge is 0.355 e. The molecule has 0 radical (unpaired) electrons. The highest BCUT2D eigenvalue weighted by atomic mass is 15.2. The number of hydrogen-bond donors (Lipinski definition) is 2. The third-order valence-corrected chi connectivity index (χ3v) is 4.35. The van der Waals surface area contributed by atoms with E-state index in [1.807, 2.05) is 7.05 Å². The van der Waals surface area contributed by atoms with Crippen molar-refractivity contribution in [2.24, 2.45) is 4.99 Å². The van der Waals surface area contributed by atoms with Gasteiger partial charge in [-0.15, -0.1) is 0 Å². The molecule has 1 fully saturated rings. The molecule has 0 amide bonds. The lowest BCUT2D eigenvalue weighted by atomic mass is 10.1. The second-order valence-corrected chi connectivity index (χ2v) is 6.03. The van der Waals surface area contributed by atoms with Gasteiger partial charge in [0, 0.05) is 26.7 Å². The molecule has 1 aromatic rings. The maximum absolute atomic E-state index is 4.31. The number of aliphatic imine (C=N–C) groups is 1. The number of hydrogen-bond acceptors (Lipinski definition) is 2. The average Bonchev–Trinajstić information content (AvgIpc) is 2.81. The van der Waals surface area contributed by atoms with Crippen molar-refractivity contribution in [1.82, 2.24) is 15.5 Å². The summed E-state index contributed by atoms with van der Waals surface area (Å²) in [6.45, 7) is 7.51. The lowest BCUT2D eigenvalue weighted by Gasteiger charge is -2.20. The summed E-state index contributed by atoms with van der Waals surface area (Å²) in [5.41, 5.74) is 2.63. The Hall–Kier alpha value is -1.55. The first-order valence-corrected chi connectivity index (χ1v) is 8.51. The first-order chi connectivity index (χ1) is 10.8. The predicted octanol–water partition coefficient (Wildman–Crippen LogP) is 2.54. The molecule has 1 aliphatic heterocycles. The molecule has 4 nitrogen and oxygen atoms in total. The van der Waals surface area contributed by atoms with E-state index in [1.54, 1.807) is 0 Å². The Morgan fingerprint density at radius 2 is 1.82 bits per heavy atom. The highest BCUT2D eigenvalue weighted by molar-refractivity contribution is 5.79. The van der Waals surface area contributed by atoms with Gasteiger partial charge >= 0.3 is 0 Å². The maximum atomic E-state index is 4.31. The van der Waals surface area contributed by atoms with Crippen LogP contribution < -0.4 is 10.6 Å². The molecular formula is C18H30N4. The Balaban J connectivity index is 1.70. The molecule has 1 aliphatic rings.